The number of ether oxygens (including phenoxy) is 1. The van der Waals surface area contributed by atoms with Gasteiger partial charge in [0.05, 0.1) is 0 Å². The van der Waals surface area contributed by atoms with Gasteiger partial charge in [-0.15, -0.1) is 0 Å². The molecule has 0 aromatic heterocycles. The SMILES string of the molecule is CCCCCc1cc(O)cc(O)c1OC(C)=O. The Hall–Kier alpha value is -1.71. The van der Waals surface area contributed by atoms with Crippen molar-refractivity contribution in [3.63, 3.8) is 0 Å². The first-order valence-corrected chi connectivity index (χ1v) is 5.77. The highest BCUT2D eigenvalue weighted by Gasteiger charge is 2.13. The van der Waals surface area contributed by atoms with Gasteiger partial charge in [-0.05, 0) is 18.9 Å². The van der Waals surface area contributed by atoms with Crippen molar-refractivity contribution in [2.24, 2.45) is 0 Å². The summed E-state index contributed by atoms with van der Waals surface area (Å²) in [5.41, 5.74) is 0.658. The molecule has 0 unspecified atom stereocenters. The molecule has 0 fully saturated rings. The zero-order valence-corrected chi connectivity index (χ0v) is 10.2. The van der Waals surface area contributed by atoms with Crippen LogP contribution in [0, 0.1) is 0 Å². The molecule has 0 aliphatic rings. The van der Waals surface area contributed by atoms with Gasteiger partial charge in [0.25, 0.3) is 0 Å². The highest BCUT2D eigenvalue weighted by Crippen LogP contribution is 2.35. The maximum absolute atomic E-state index is 10.9. The van der Waals surface area contributed by atoms with Gasteiger partial charge in [0.15, 0.2) is 11.5 Å². The average Bonchev–Trinajstić information content (AvgIpc) is 2.23. The molecule has 4 heteroatoms. The molecule has 0 saturated carbocycles. The molecule has 0 atom stereocenters. The Balaban J connectivity index is 2.94. The maximum Gasteiger partial charge on any atom is 0.308 e. The molecule has 17 heavy (non-hydrogen) atoms. The summed E-state index contributed by atoms with van der Waals surface area (Å²) in [5.74, 6) is -0.550. The number of carbonyl (C=O) groups excluding carboxylic acids is 1. The highest BCUT2D eigenvalue weighted by atomic mass is 16.5. The molecule has 94 valence electrons. The van der Waals surface area contributed by atoms with Gasteiger partial charge in [-0.2, -0.15) is 0 Å². The van der Waals surface area contributed by atoms with E-state index in [0.717, 1.165) is 19.3 Å². The number of unbranched alkanes of at least 4 members (excludes halogenated alkanes) is 2. The number of hydrogen-bond donors (Lipinski definition) is 2. The molecule has 0 saturated heterocycles. The van der Waals surface area contributed by atoms with E-state index in [9.17, 15) is 15.0 Å². The van der Waals surface area contributed by atoms with Crippen LogP contribution in [0.15, 0.2) is 12.1 Å². The minimum Gasteiger partial charge on any atom is -0.508 e. The Morgan fingerprint density at radius 3 is 2.59 bits per heavy atom. The normalized spacial score (nSPS) is 10.2. The topological polar surface area (TPSA) is 66.8 Å². The zero-order chi connectivity index (χ0) is 12.8. The van der Waals surface area contributed by atoms with Crippen LogP contribution in [0.2, 0.25) is 0 Å². The lowest BCUT2D eigenvalue weighted by atomic mass is 10.1. The molecule has 0 radical (unpaired) electrons. The number of esters is 1. The molecule has 4 nitrogen and oxygen atoms in total. The Labute approximate surface area is 101 Å². The predicted molar refractivity (Wildman–Crippen MR) is 64.3 cm³/mol. The van der Waals surface area contributed by atoms with Gasteiger partial charge in [-0.1, -0.05) is 19.8 Å². The third kappa shape index (κ3) is 3.98. The van der Waals surface area contributed by atoms with E-state index in [1.54, 1.807) is 0 Å². The monoisotopic (exact) mass is 238 g/mol. The van der Waals surface area contributed by atoms with Crippen molar-refractivity contribution in [2.75, 3.05) is 0 Å². The molecule has 0 aliphatic carbocycles. The van der Waals surface area contributed by atoms with Crippen molar-refractivity contribution in [1.82, 2.24) is 0 Å². The third-order valence-corrected chi connectivity index (χ3v) is 2.43. The number of phenolic OH excluding ortho intramolecular Hbond substituents is 2. The first-order chi connectivity index (χ1) is 8.04. The van der Waals surface area contributed by atoms with E-state index >= 15 is 0 Å². The minimum absolute atomic E-state index is 0.0232. The van der Waals surface area contributed by atoms with Crippen LogP contribution in [0.1, 0.15) is 38.7 Å². The van der Waals surface area contributed by atoms with E-state index < -0.39 is 5.97 Å². The van der Waals surface area contributed by atoms with E-state index in [0.29, 0.717) is 12.0 Å². The molecular weight excluding hydrogens is 220 g/mol. The second-order valence-corrected chi connectivity index (χ2v) is 4.00. The van der Waals surface area contributed by atoms with Gasteiger partial charge in [0.1, 0.15) is 5.75 Å². The molecule has 1 aromatic carbocycles. The van der Waals surface area contributed by atoms with Crippen LogP contribution in [0.5, 0.6) is 17.2 Å². The summed E-state index contributed by atoms with van der Waals surface area (Å²) >= 11 is 0. The van der Waals surface area contributed by atoms with Crippen LogP contribution in [0.25, 0.3) is 0 Å². The van der Waals surface area contributed by atoms with Gasteiger partial charge >= 0.3 is 5.97 Å². The van der Waals surface area contributed by atoms with E-state index in [-0.39, 0.29) is 17.2 Å². The zero-order valence-electron chi connectivity index (χ0n) is 10.2. The van der Waals surface area contributed by atoms with Crippen LogP contribution < -0.4 is 4.74 Å². The Bertz CT molecular complexity index is 399. The summed E-state index contributed by atoms with van der Waals surface area (Å²) in [5, 5.41) is 19.0. The minimum atomic E-state index is -0.484. The molecule has 0 aliphatic heterocycles. The van der Waals surface area contributed by atoms with E-state index in [4.69, 9.17) is 4.74 Å². The smallest absolute Gasteiger partial charge is 0.308 e. The lowest BCUT2D eigenvalue weighted by Crippen LogP contribution is -2.04. The Morgan fingerprint density at radius 2 is 2.00 bits per heavy atom. The largest absolute Gasteiger partial charge is 0.508 e. The third-order valence-electron chi connectivity index (χ3n) is 2.43. The van der Waals surface area contributed by atoms with Crippen LogP contribution in [-0.2, 0) is 11.2 Å². The standard InChI is InChI=1S/C13H18O4/c1-3-4-5-6-10-7-11(15)8-12(16)13(10)17-9(2)14/h7-8,15-16H,3-6H2,1-2H3. The average molecular weight is 238 g/mol. The Kier molecular flexibility index (Phi) is 4.82. The molecule has 2 N–H and O–H groups in total. The molecular formula is C13H18O4. The number of aromatic hydroxyl groups is 2. The van der Waals surface area contributed by atoms with Crippen molar-refractivity contribution in [3.8, 4) is 17.2 Å². The second kappa shape index (κ2) is 6.13. The number of benzene rings is 1. The van der Waals surface area contributed by atoms with Crippen molar-refractivity contribution in [3.05, 3.63) is 17.7 Å². The van der Waals surface area contributed by atoms with Crippen molar-refractivity contribution in [1.29, 1.82) is 0 Å². The van der Waals surface area contributed by atoms with E-state index in [2.05, 4.69) is 6.92 Å². The van der Waals surface area contributed by atoms with Gasteiger partial charge in [0, 0.05) is 18.6 Å². The summed E-state index contributed by atoms with van der Waals surface area (Å²) in [7, 11) is 0. The number of carbonyl (C=O) groups is 1. The number of rotatable bonds is 5. The van der Waals surface area contributed by atoms with Gasteiger partial charge in [0.2, 0.25) is 0 Å². The van der Waals surface area contributed by atoms with E-state index in [1.807, 2.05) is 0 Å². The summed E-state index contributed by atoms with van der Waals surface area (Å²) in [6, 6.07) is 2.69. The van der Waals surface area contributed by atoms with Gasteiger partial charge in [-0.3, -0.25) is 4.79 Å². The molecule has 0 amide bonds. The summed E-state index contributed by atoms with van der Waals surface area (Å²) < 4.78 is 4.96. The molecule has 0 bridgehead atoms. The fourth-order valence-electron chi connectivity index (χ4n) is 1.67. The highest BCUT2D eigenvalue weighted by molar-refractivity contribution is 5.71. The van der Waals surface area contributed by atoms with Crippen LogP contribution in [0.4, 0.5) is 0 Å². The summed E-state index contributed by atoms with van der Waals surface area (Å²) in [6.07, 6.45) is 3.72. The summed E-state index contributed by atoms with van der Waals surface area (Å²) in [6.45, 7) is 3.37. The lowest BCUT2D eigenvalue weighted by molar-refractivity contribution is -0.132. The molecule has 0 spiro atoms. The molecule has 1 aromatic rings. The van der Waals surface area contributed by atoms with Crippen LogP contribution in [0.3, 0.4) is 0 Å². The Morgan fingerprint density at radius 1 is 1.29 bits per heavy atom. The first-order valence-electron chi connectivity index (χ1n) is 5.77. The van der Waals surface area contributed by atoms with Crippen LogP contribution >= 0.6 is 0 Å². The fourth-order valence-corrected chi connectivity index (χ4v) is 1.67. The van der Waals surface area contributed by atoms with Crippen molar-refractivity contribution >= 4 is 5.97 Å². The number of hydrogen-bond acceptors (Lipinski definition) is 4. The predicted octanol–water partition coefficient (Wildman–Crippen LogP) is 2.76. The number of aryl methyl sites for hydroxylation is 1. The van der Waals surface area contributed by atoms with E-state index in [1.165, 1.54) is 19.1 Å². The van der Waals surface area contributed by atoms with Crippen molar-refractivity contribution in [2.45, 2.75) is 39.5 Å². The van der Waals surface area contributed by atoms with Crippen molar-refractivity contribution < 1.29 is 19.7 Å². The maximum atomic E-state index is 10.9. The lowest BCUT2D eigenvalue weighted by Gasteiger charge is -2.11. The second-order valence-electron chi connectivity index (χ2n) is 4.00. The van der Waals surface area contributed by atoms with Gasteiger partial charge in [-0.25, -0.2) is 0 Å². The molecule has 1 rings (SSSR count). The van der Waals surface area contributed by atoms with Gasteiger partial charge < -0.3 is 14.9 Å². The quantitative estimate of drug-likeness (QED) is 0.470. The summed E-state index contributed by atoms with van der Waals surface area (Å²) in [4.78, 5) is 10.9. The first kappa shape index (κ1) is 13.4. The fraction of sp³-hybridized carbons (Fsp3) is 0.462. The molecule has 0 heterocycles. The number of phenols is 2. The van der Waals surface area contributed by atoms with Crippen LogP contribution in [-0.4, -0.2) is 16.2 Å².